The molecule has 2 atom stereocenters. The number of nitrogens with one attached hydrogen (secondary N) is 1. The Bertz CT molecular complexity index is 877. The molecule has 0 saturated carbocycles. The van der Waals surface area contributed by atoms with Crippen molar-refractivity contribution in [3.05, 3.63) is 48.6 Å². The van der Waals surface area contributed by atoms with Crippen LogP contribution in [0.4, 0.5) is 0 Å². The average molecular weight is 770 g/mol. The van der Waals surface area contributed by atoms with E-state index in [1.54, 1.807) is 6.08 Å². The van der Waals surface area contributed by atoms with E-state index in [0.29, 0.717) is 6.42 Å². The number of carbonyl (C=O) groups is 1. The first-order valence-electron chi connectivity index (χ1n) is 24.4. The molecule has 0 spiro atoms. The van der Waals surface area contributed by atoms with Crippen molar-refractivity contribution in [2.75, 3.05) is 6.61 Å². The van der Waals surface area contributed by atoms with Crippen LogP contribution in [-0.2, 0) is 4.79 Å². The van der Waals surface area contributed by atoms with Gasteiger partial charge in [-0.05, 0) is 70.6 Å². The second kappa shape index (κ2) is 46.7. The van der Waals surface area contributed by atoms with Crippen LogP contribution in [0.25, 0.3) is 0 Å². The molecule has 0 rings (SSSR count). The second-order valence-corrected chi connectivity index (χ2v) is 16.5. The molecule has 322 valence electrons. The Kier molecular flexibility index (Phi) is 45.3. The summed E-state index contributed by atoms with van der Waals surface area (Å²) >= 11 is 0. The Morgan fingerprint density at radius 1 is 0.418 bits per heavy atom. The molecule has 3 N–H and O–H groups in total. The maximum absolute atomic E-state index is 12.4. The highest BCUT2D eigenvalue weighted by Gasteiger charge is 2.17. The number of rotatable bonds is 44. The van der Waals surface area contributed by atoms with Crippen LogP contribution < -0.4 is 5.32 Å². The lowest BCUT2D eigenvalue weighted by atomic mass is 10.0. The Morgan fingerprint density at radius 3 is 1.05 bits per heavy atom. The SMILES string of the molecule is CCCCCCCC/C=C/CC/C=C/CC/C=C/C(O)C(CO)NC(=O)CCCCCCCCCCCCCCCCC/C=C\CCCCCCCCCC. The minimum absolute atomic E-state index is 0.0767. The lowest BCUT2D eigenvalue weighted by Gasteiger charge is -2.19. The molecular weight excluding hydrogens is 675 g/mol. The Morgan fingerprint density at radius 2 is 0.709 bits per heavy atom. The van der Waals surface area contributed by atoms with Gasteiger partial charge in [-0.25, -0.2) is 0 Å². The van der Waals surface area contributed by atoms with Crippen molar-refractivity contribution in [1.29, 1.82) is 0 Å². The van der Waals surface area contributed by atoms with Crippen molar-refractivity contribution in [2.45, 2.75) is 264 Å². The fraction of sp³-hybridized carbons (Fsp3) is 0.824. The number of hydrogen-bond donors (Lipinski definition) is 3. The Labute approximate surface area is 344 Å². The van der Waals surface area contributed by atoms with E-state index in [4.69, 9.17) is 0 Å². The topological polar surface area (TPSA) is 69.6 Å². The van der Waals surface area contributed by atoms with E-state index in [1.165, 1.54) is 193 Å². The summed E-state index contributed by atoms with van der Waals surface area (Å²) in [5.41, 5.74) is 0. The molecule has 0 radical (unpaired) electrons. The molecule has 0 aliphatic rings. The first kappa shape index (κ1) is 53.4. The van der Waals surface area contributed by atoms with Gasteiger partial charge in [-0.15, -0.1) is 0 Å². The first-order valence-corrected chi connectivity index (χ1v) is 24.4. The minimum atomic E-state index is -0.869. The molecule has 4 heteroatoms. The van der Waals surface area contributed by atoms with Gasteiger partial charge in [-0.3, -0.25) is 4.79 Å². The van der Waals surface area contributed by atoms with Gasteiger partial charge in [0, 0.05) is 6.42 Å². The van der Waals surface area contributed by atoms with Crippen LogP contribution in [0.5, 0.6) is 0 Å². The van der Waals surface area contributed by atoms with Crippen molar-refractivity contribution in [3.8, 4) is 0 Å². The van der Waals surface area contributed by atoms with Crippen molar-refractivity contribution < 1.29 is 15.0 Å². The molecule has 0 fully saturated rings. The third-order valence-electron chi connectivity index (χ3n) is 11.0. The number of carbonyl (C=O) groups excluding carboxylic acids is 1. The van der Waals surface area contributed by atoms with Crippen LogP contribution in [0.3, 0.4) is 0 Å². The van der Waals surface area contributed by atoms with E-state index in [9.17, 15) is 15.0 Å². The molecule has 0 bridgehead atoms. The molecule has 0 heterocycles. The summed E-state index contributed by atoms with van der Waals surface area (Å²) in [6.07, 6.45) is 63.8. The highest BCUT2D eigenvalue weighted by atomic mass is 16.3. The van der Waals surface area contributed by atoms with E-state index < -0.39 is 12.1 Å². The predicted octanol–water partition coefficient (Wildman–Crippen LogP) is 15.5. The maximum atomic E-state index is 12.4. The zero-order valence-electron chi connectivity index (χ0n) is 36.9. The molecular formula is C51H95NO3. The van der Waals surface area contributed by atoms with E-state index in [0.717, 1.165) is 38.5 Å². The lowest BCUT2D eigenvalue weighted by molar-refractivity contribution is -0.123. The van der Waals surface area contributed by atoms with Gasteiger partial charge in [0.05, 0.1) is 18.8 Å². The van der Waals surface area contributed by atoms with E-state index >= 15 is 0 Å². The number of unbranched alkanes of at least 4 members (excludes halogenated alkanes) is 31. The summed E-state index contributed by atoms with van der Waals surface area (Å²) < 4.78 is 0. The van der Waals surface area contributed by atoms with Crippen LogP contribution in [0.2, 0.25) is 0 Å². The summed E-state index contributed by atoms with van der Waals surface area (Å²) in [5, 5.41) is 23.0. The summed E-state index contributed by atoms with van der Waals surface area (Å²) in [6.45, 7) is 4.29. The predicted molar refractivity (Wildman–Crippen MR) is 244 cm³/mol. The average Bonchev–Trinajstić information content (AvgIpc) is 3.19. The molecule has 4 nitrogen and oxygen atoms in total. The zero-order chi connectivity index (χ0) is 40.0. The summed E-state index contributed by atoms with van der Waals surface area (Å²) in [5.74, 6) is -0.0767. The summed E-state index contributed by atoms with van der Waals surface area (Å²) in [6, 6.07) is -0.644. The minimum Gasteiger partial charge on any atom is -0.394 e. The third kappa shape index (κ3) is 43.3. The highest BCUT2D eigenvalue weighted by Crippen LogP contribution is 2.15. The second-order valence-electron chi connectivity index (χ2n) is 16.5. The summed E-state index contributed by atoms with van der Waals surface area (Å²) in [4.78, 5) is 12.4. The van der Waals surface area contributed by atoms with E-state index in [1.807, 2.05) is 6.08 Å². The van der Waals surface area contributed by atoms with Crippen LogP contribution >= 0.6 is 0 Å². The Hall–Kier alpha value is -1.65. The van der Waals surface area contributed by atoms with Gasteiger partial charge < -0.3 is 15.5 Å². The van der Waals surface area contributed by atoms with Gasteiger partial charge in [0.25, 0.3) is 0 Å². The van der Waals surface area contributed by atoms with Crippen LogP contribution in [-0.4, -0.2) is 34.9 Å². The van der Waals surface area contributed by atoms with Crippen molar-refractivity contribution in [3.63, 3.8) is 0 Å². The molecule has 1 amide bonds. The van der Waals surface area contributed by atoms with Crippen molar-refractivity contribution in [1.82, 2.24) is 5.32 Å². The lowest BCUT2D eigenvalue weighted by Crippen LogP contribution is -2.45. The smallest absolute Gasteiger partial charge is 0.220 e. The van der Waals surface area contributed by atoms with Crippen LogP contribution in [0.1, 0.15) is 251 Å². The van der Waals surface area contributed by atoms with Gasteiger partial charge in [-0.1, -0.05) is 223 Å². The van der Waals surface area contributed by atoms with Crippen molar-refractivity contribution in [2.24, 2.45) is 0 Å². The normalized spacial score (nSPS) is 13.3. The molecule has 0 aromatic heterocycles. The zero-order valence-corrected chi connectivity index (χ0v) is 36.9. The van der Waals surface area contributed by atoms with Crippen LogP contribution in [0, 0.1) is 0 Å². The molecule has 0 aliphatic carbocycles. The monoisotopic (exact) mass is 770 g/mol. The number of amides is 1. The van der Waals surface area contributed by atoms with Gasteiger partial charge in [0.1, 0.15) is 0 Å². The fourth-order valence-corrected chi connectivity index (χ4v) is 7.26. The van der Waals surface area contributed by atoms with Crippen LogP contribution in [0.15, 0.2) is 48.6 Å². The quantitative estimate of drug-likeness (QED) is 0.0427. The van der Waals surface area contributed by atoms with Crippen molar-refractivity contribution >= 4 is 5.91 Å². The molecule has 0 saturated heterocycles. The largest absolute Gasteiger partial charge is 0.394 e. The number of allylic oxidation sites excluding steroid dienone is 7. The number of aliphatic hydroxyl groups is 2. The number of hydrogen-bond acceptors (Lipinski definition) is 3. The third-order valence-corrected chi connectivity index (χ3v) is 11.0. The Balaban J connectivity index is 3.54. The first-order chi connectivity index (χ1) is 27.2. The van der Waals surface area contributed by atoms with E-state index in [2.05, 4.69) is 55.6 Å². The maximum Gasteiger partial charge on any atom is 0.220 e. The molecule has 0 aromatic carbocycles. The van der Waals surface area contributed by atoms with Gasteiger partial charge >= 0.3 is 0 Å². The highest BCUT2D eigenvalue weighted by molar-refractivity contribution is 5.76. The fourth-order valence-electron chi connectivity index (χ4n) is 7.26. The van der Waals surface area contributed by atoms with Gasteiger partial charge in [0.2, 0.25) is 5.91 Å². The molecule has 0 aromatic rings. The number of aliphatic hydroxyl groups excluding tert-OH is 2. The molecule has 0 aliphatic heterocycles. The van der Waals surface area contributed by atoms with Gasteiger partial charge in [-0.2, -0.15) is 0 Å². The summed E-state index contributed by atoms with van der Waals surface area (Å²) in [7, 11) is 0. The molecule has 55 heavy (non-hydrogen) atoms. The molecule has 2 unspecified atom stereocenters. The standard InChI is InChI=1S/C51H95NO3/c1-3-5-7-9-11-13-15-17-19-21-22-23-24-25-26-27-28-29-30-31-33-35-37-39-41-43-45-47-51(55)52-49(48-53)50(54)46-44-42-40-38-36-34-32-20-18-16-14-12-10-8-6-4-2/h18,20-22,36,38,44,46,49-50,53-54H,3-17,19,23-35,37,39-43,45,47-48H2,1-2H3,(H,52,55)/b20-18+,22-21-,38-36+,46-44+. The van der Waals surface area contributed by atoms with E-state index in [-0.39, 0.29) is 12.5 Å². The van der Waals surface area contributed by atoms with Gasteiger partial charge in [0.15, 0.2) is 0 Å².